The van der Waals surface area contributed by atoms with Crippen molar-refractivity contribution < 1.29 is 19.2 Å². The summed E-state index contributed by atoms with van der Waals surface area (Å²) in [5.74, 6) is 0.373. The largest absolute Gasteiger partial charge is 0.482 e. The number of aryl methyl sites for hydroxylation is 2. The molecule has 6 heteroatoms. The van der Waals surface area contributed by atoms with Crippen LogP contribution in [0.4, 0.5) is 0 Å². The Kier molecular flexibility index (Phi) is 7.31. The van der Waals surface area contributed by atoms with Crippen LogP contribution in [0.2, 0.25) is 5.02 Å². The monoisotopic (exact) mass is 403 g/mol. The maximum absolute atomic E-state index is 12.6. The SMILES string of the molecule is Cc1ccc([C@@H](C[NH+]2CCOCC2)NC(=O)COc2cc(C)ccc2Cl)cc1. The fourth-order valence-electron chi connectivity index (χ4n) is 3.30. The van der Waals surface area contributed by atoms with Crippen LogP contribution in [0.15, 0.2) is 42.5 Å². The zero-order chi connectivity index (χ0) is 19.9. The van der Waals surface area contributed by atoms with E-state index in [0.717, 1.165) is 44.0 Å². The Morgan fingerprint density at radius 3 is 2.54 bits per heavy atom. The molecule has 2 aromatic rings. The second kappa shape index (κ2) is 9.92. The predicted molar refractivity (Wildman–Crippen MR) is 110 cm³/mol. The van der Waals surface area contributed by atoms with Crippen molar-refractivity contribution in [2.24, 2.45) is 0 Å². The summed E-state index contributed by atoms with van der Waals surface area (Å²) in [5.41, 5.74) is 3.34. The third-order valence-electron chi connectivity index (χ3n) is 4.95. The Balaban J connectivity index is 1.64. The number of ether oxygens (including phenoxy) is 2. The van der Waals surface area contributed by atoms with E-state index < -0.39 is 0 Å². The van der Waals surface area contributed by atoms with Crippen LogP contribution in [0.5, 0.6) is 5.75 Å². The van der Waals surface area contributed by atoms with Crippen molar-refractivity contribution in [1.29, 1.82) is 0 Å². The number of rotatable bonds is 7. The molecule has 5 nitrogen and oxygen atoms in total. The van der Waals surface area contributed by atoms with Gasteiger partial charge in [-0.25, -0.2) is 0 Å². The molecule has 0 spiro atoms. The normalized spacial score (nSPS) is 15.8. The molecule has 28 heavy (non-hydrogen) atoms. The van der Waals surface area contributed by atoms with Crippen LogP contribution in [0.1, 0.15) is 22.7 Å². The summed E-state index contributed by atoms with van der Waals surface area (Å²) in [6.07, 6.45) is 0. The van der Waals surface area contributed by atoms with Crippen LogP contribution in [-0.4, -0.2) is 45.4 Å². The number of amides is 1. The Morgan fingerprint density at radius 2 is 1.82 bits per heavy atom. The van der Waals surface area contributed by atoms with Gasteiger partial charge in [0.1, 0.15) is 31.4 Å². The van der Waals surface area contributed by atoms with Gasteiger partial charge >= 0.3 is 0 Å². The lowest BCUT2D eigenvalue weighted by Gasteiger charge is -2.28. The Bertz CT molecular complexity index is 789. The highest BCUT2D eigenvalue weighted by Crippen LogP contribution is 2.25. The van der Waals surface area contributed by atoms with Gasteiger partial charge in [0.25, 0.3) is 5.91 Å². The highest BCUT2D eigenvalue weighted by Gasteiger charge is 2.23. The molecule has 3 rings (SSSR count). The third kappa shape index (κ3) is 5.96. The molecule has 1 fully saturated rings. The highest BCUT2D eigenvalue weighted by atomic mass is 35.5. The zero-order valence-corrected chi connectivity index (χ0v) is 17.2. The number of benzene rings is 2. The number of hydrogen-bond acceptors (Lipinski definition) is 3. The molecule has 1 heterocycles. The van der Waals surface area contributed by atoms with Crippen LogP contribution < -0.4 is 15.0 Å². The predicted octanol–water partition coefficient (Wildman–Crippen LogP) is 2.11. The van der Waals surface area contributed by atoms with Crippen LogP contribution in [0.25, 0.3) is 0 Å². The summed E-state index contributed by atoms with van der Waals surface area (Å²) in [7, 11) is 0. The molecular formula is C22H28ClN2O3+. The van der Waals surface area contributed by atoms with E-state index in [4.69, 9.17) is 21.1 Å². The summed E-state index contributed by atoms with van der Waals surface area (Å²) in [6, 6.07) is 13.8. The van der Waals surface area contributed by atoms with Crippen molar-refractivity contribution in [3.05, 3.63) is 64.2 Å². The van der Waals surface area contributed by atoms with Crippen molar-refractivity contribution >= 4 is 17.5 Å². The average molecular weight is 404 g/mol. The average Bonchev–Trinajstić information content (AvgIpc) is 2.69. The Morgan fingerprint density at radius 1 is 1.14 bits per heavy atom. The van der Waals surface area contributed by atoms with Gasteiger partial charge in [-0.1, -0.05) is 47.5 Å². The molecular weight excluding hydrogens is 376 g/mol. The first-order valence-corrected chi connectivity index (χ1v) is 10.1. The summed E-state index contributed by atoms with van der Waals surface area (Å²) >= 11 is 6.15. The van der Waals surface area contributed by atoms with Crippen molar-refractivity contribution in [3.8, 4) is 5.75 Å². The molecule has 0 unspecified atom stereocenters. The number of nitrogens with one attached hydrogen (secondary N) is 2. The van der Waals surface area contributed by atoms with E-state index in [-0.39, 0.29) is 18.6 Å². The summed E-state index contributed by atoms with van der Waals surface area (Å²) < 4.78 is 11.1. The van der Waals surface area contributed by atoms with E-state index in [9.17, 15) is 4.79 Å². The van der Waals surface area contributed by atoms with Gasteiger partial charge in [0.05, 0.1) is 18.2 Å². The fraction of sp³-hybridized carbons (Fsp3) is 0.409. The van der Waals surface area contributed by atoms with E-state index in [2.05, 4.69) is 36.5 Å². The van der Waals surface area contributed by atoms with Gasteiger partial charge in [-0.2, -0.15) is 0 Å². The molecule has 2 aromatic carbocycles. The summed E-state index contributed by atoms with van der Waals surface area (Å²) in [5, 5.41) is 3.64. The molecule has 0 saturated carbocycles. The smallest absolute Gasteiger partial charge is 0.258 e. The maximum Gasteiger partial charge on any atom is 0.258 e. The van der Waals surface area contributed by atoms with E-state index >= 15 is 0 Å². The number of halogens is 1. The standard InChI is InChI=1S/C22H27ClN2O3/c1-16-3-6-18(7-4-16)20(14-25-9-11-27-12-10-25)24-22(26)15-28-21-13-17(2)5-8-19(21)23/h3-8,13,20H,9-12,14-15H2,1-2H3,(H,24,26)/p+1/t20-/m1/s1. The van der Waals surface area contributed by atoms with Gasteiger partial charge in [-0.05, 0) is 37.1 Å². The van der Waals surface area contributed by atoms with E-state index in [1.165, 1.54) is 10.5 Å². The quantitative estimate of drug-likeness (QED) is 0.744. The van der Waals surface area contributed by atoms with E-state index in [1.807, 2.05) is 19.1 Å². The van der Waals surface area contributed by atoms with Crippen molar-refractivity contribution in [3.63, 3.8) is 0 Å². The number of morpholine rings is 1. The Labute approximate surface area is 171 Å². The lowest BCUT2D eigenvalue weighted by Crippen LogP contribution is -3.14. The van der Waals surface area contributed by atoms with Gasteiger partial charge in [0.2, 0.25) is 0 Å². The minimum absolute atomic E-state index is 0.0655. The van der Waals surface area contributed by atoms with Crippen molar-refractivity contribution in [2.75, 3.05) is 39.5 Å². The van der Waals surface area contributed by atoms with Crippen LogP contribution in [-0.2, 0) is 9.53 Å². The van der Waals surface area contributed by atoms with E-state index in [0.29, 0.717) is 10.8 Å². The molecule has 150 valence electrons. The van der Waals surface area contributed by atoms with Crippen LogP contribution >= 0.6 is 11.6 Å². The first-order chi connectivity index (χ1) is 13.5. The van der Waals surface area contributed by atoms with Gasteiger partial charge in [-0.3, -0.25) is 4.79 Å². The second-order valence-corrected chi connectivity index (χ2v) is 7.73. The van der Waals surface area contributed by atoms with Gasteiger partial charge in [-0.15, -0.1) is 0 Å². The minimum atomic E-state index is -0.157. The third-order valence-corrected chi connectivity index (χ3v) is 5.27. The molecule has 1 atom stereocenters. The maximum atomic E-state index is 12.6. The van der Waals surface area contributed by atoms with Crippen LogP contribution in [0, 0.1) is 13.8 Å². The molecule has 1 saturated heterocycles. The fourth-order valence-corrected chi connectivity index (χ4v) is 3.48. The minimum Gasteiger partial charge on any atom is -0.482 e. The second-order valence-electron chi connectivity index (χ2n) is 7.32. The lowest BCUT2D eigenvalue weighted by molar-refractivity contribution is -0.909. The van der Waals surface area contributed by atoms with E-state index in [1.54, 1.807) is 6.07 Å². The number of carbonyl (C=O) groups excluding carboxylic acids is 1. The molecule has 2 N–H and O–H groups in total. The number of quaternary nitrogens is 1. The molecule has 0 aliphatic carbocycles. The van der Waals surface area contributed by atoms with Crippen molar-refractivity contribution in [2.45, 2.75) is 19.9 Å². The highest BCUT2D eigenvalue weighted by molar-refractivity contribution is 6.32. The van der Waals surface area contributed by atoms with Gasteiger partial charge < -0.3 is 19.7 Å². The molecule has 0 radical (unpaired) electrons. The topological polar surface area (TPSA) is 52.0 Å². The van der Waals surface area contributed by atoms with Crippen molar-refractivity contribution in [1.82, 2.24) is 5.32 Å². The van der Waals surface area contributed by atoms with Gasteiger partial charge in [0, 0.05) is 0 Å². The lowest BCUT2D eigenvalue weighted by atomic mass is 10.0. The van der Waals surface area contributed by atoms with Gasteiger partial charge in [0.15, 0.2) is 6.61 Å². The molecule has 1 aliphatic heterocycles. The first kappa shape index (κ1) is 20.6. The Hall–Kier alpha value is -2.08. The van der Waals surface area contributed by atoms with Crippen LogP contribution in [0.3, 0.4) is 0 Å². The zero-order valence-electron chi connectivity index (χ0n) is 16.5. The number of carbonyl (C=O) groups is 1. The molecule has 1 amide bonds. The summed E-state index contributed by atoms with van der Waals surface area (Å²) in [4.78, 5) is 14.0. The molecule has 1 aliphatic rings. The molecule has 0 bridgehead atoms. The summed E-state index contributed by atoms with van der Waals surface area (Å²) in [6.45, 7) is 8.21. The number of hydrogen-bond donors (Lipinski definition) is 2. The first-order valence-electron chi connectivity index (χ1n) is 9.67. The molecule has 0 aromatic heterocycles.